The molecule has 9 nitrogen and oxygen atoms in total. The van der Waals surface area contributed by atoms with Gasteiger partial charge in [-0.15, -0.1) is 0 Å². The minimum absolute atomic E-state index is 0.0442. The number of esters is 1. The molecule has 0 unspecified atom stereocenters. The van der Waals surface area contributed by atoms with Crippen LogP contribution in [0.4, 0.5) is 0 Å². The predicted molar refractivity (Wildman–Crippen MR) is 190 cm³/mol. The van der Waals surface area contributed by atoms with Crippen LogP contribution in [0.2, 0.25) is 0 Å². The molecule has 2 aliphatic carbocycles. The van der Waals surface area contributed by atoms with Crippen molar-refractivity contribution in [2.45, 2.75) is 110 Å². The number of methoxy groups -OCH3 is 1. The maximum absolute atomic E-state index is 13.9. The molecule has 7 rings (SSSR count). The first-order chi connectivity index (χ1) is 24.1. The Kier molecular flexibility index (Phi) is 9.54. The molecule has 50 heavy (non-hydrogen) atoms. The number of nitrogens with one attached hydrogen (secondary N) is 2. The Hall–Kier alpha value is -4.11. The van der Waals surface area contributed by atoms with E-state index in [-0.39, 0.29) is 48.1 Å². The van der Waals surface area contributed by atoms with Crippen LogP contribution in [0.1, 0.15) is 93.1 Å². The maximum Gasteiger partial charge on any atom is 0.312 e. The molecule has 2 amide bonds. The second-order valence-corrected chi connectivity index (χ2v) is 15.6. The molecule has 3 aromatic rings. The Labute approximate surface area is 294 Å². The molecule has 2 N–H and O–H groups in total. The molecule has 4 aliphatic rings. The number of rotatable bonds is 11. The molecule has 2 bridgehead atoms. The van der Waals surface area contributed by atoms with Crippen molar-refractivity contribution in [2.75, 3.05) is 13.7 Å². The summed E-state index contributed by atoms with van der Waals surface area (Å²) in [5.41, 5.74) is 1.78. The van der Waals surface area contributed by atoms with E-state index in [4.69, 9.17) is 18.9 Å². The zero-order valence-corrected chi connectivity index (χ0v) is 29.7. The molecule has 266 valence electrons. The van der Waals surface area contributed by atoms with Crippen molar-refractivity contribution in [3.05, 3.63) is 71.3 Å². The SMILES string of the molecule is COc1cc(C)c(OC2CCC(C)(C(=O)OCc3cccc4ccccc34)CC2)cc1C(=O)N[C@H]1[C@@H](C(=O)NCC2(C)CCC2)[C@H]2CC[C@@H]1O2. The van der Waals surface area contributed by atoms with Crippen LogP contribution in [0, 0.1) is 23.7 Å². The highest BCUT2D eigenvalue weighted by molar-refractivity contribution is 5.98. The topological polar surface area (TPSA) is 112 Å². The number of amides is 2. The summed E-state index contributed by atoms with van der Waals surface area (Å²) in [7, 11) is 1.55. The number of hydrogen-bond donors (Lipinski definition) is 2. The number of carbonyl (C=O) groups is 3. The van der Waals surface area contributed by atoms with Gasteiger partial charge in [0.05, 0.1) is 48.4 Å². The van der Waals surface area contributed by atoms with Crippen molar-refractivity contribution in [1.82, 2.24) is 10.6 Å². The molecule has 2 heterocycles. The average molecular weight is 683 g/mol. The van der Waals surface area contributed by atoms with Gasteiger partial charge in [0.1, 0.15) is 18.1 Å². The first-order valence-electron chi connectivity index (χ1n) is 18.3. The van der Waals surface area contributed by atoms with E-state index in [2.05, 4.69) is 35.8 Å². The van der Waals surface area contributed by atoms with E-state index in [9.17, 15) is 14.4 Å². The normalized spacial score (nSPS) is 28.0. The van der Waals surface area contributed by atoms with E-state index in [1.165, 1.54) is 6.42 Å². The minimum Gasteiger partial charge on any atom is -0.496 e. The van der Waals surface area contributed by atoms with Crippen LogP contribution in [0.15, 0.2) is 54.6 Å². The van der Waals surface area contributed by atoms with Gasteiger partial charge in [0.2, 0.25) is 5.91 Å². The zero-order valence-electron chi connectivity index (χ0n) is 29.7. The number of aryl methyl sites for hydroxylation is 1. The molecule has 9 heteroatoms. The van der Waals surface area contributed by atoms with Crippen LogP contribution in [-0.2, 0) is 25.7 Å². The van der Waals surface area contributed by atoms with E-state index in [0.717, 1.165) is 47.6 Å². The van der Waals surface area contributed by atoms with Gasteiger partial charge in [-0.1, -0.05) is 55.8 Å². The van der Waals surface area contributed by atoms with Gasteiger partial charge < -0.3 is 29.6 Å². The number of hydrogen-bond acceptors (Lipinski definition) is 7. The average Bonchev–Trinajstić information content (AvgIpc) is 3.72. The molecule has 2 aliphatic heterocycles. The van der Waals surface area contributed by atoms with Crippen molar-refractivity contribution in [3.8, 4) is 11.5 Å². The van der Waals surface area contributed by atoms with Crippen LogP contribution in [-0.4, -0.2) is 55.8 Å². The molecule has 2 saturated carbocycles. The molecule has 0 aromatic heterocycles. The van der Waals surface area contributed by atoms with E-state index in [1.807, 2.05) is 44.2 Å². The highest BCUT2D eigenvalue weighted by Gasteiger charge is 2.53. The third-order valence-electron chi connectivity index (χ3n) is 11.9. The second kappa shape index (κ2) is 13.9. The number of ether oxygens (including phenoxy) is 4. The first-order valence-corrected chi connectivity index (χ1v) is 18.3. The Bertz CT molecular complexity index is 1750. The molecular weight excluding hydrogens is 632 g/mol. The number of fused-ring (bicyclic) bond motifs is 3. The third-order valence-corrected chi connectivity index (χ3v) is 11.9. The Morgan fingerprint density at radius 1 is 0.900 bits per heavy atom. The van der Waals surface area contributed by atoms with Gasteiger partial charge in [-0.05, 0) is 105 Å². The molecule has 0 spiro atoms. The van der Waals surface area contributed by atoms with Gasteiger partial charge in [-0.25, -0.2) is 0 Å². The molecular formula is C41H50N2O7. The number of benzene rings is 3. The van der Waals surface area contributed by atoms with Crippen LogP contribution < -0.4 is 20.1 Å². The standard InChI is InChI=1S/C41H50N2O7/c1-25-21-34(47-4)30(37(44)43-36-32-14-13-31(50-32)35(36)38(45)42-24-40(2)17-8-18-40)22-33(25)49-28-15-19-41(3,20-16-28)39(46)48-23-27-11-7-10-26-9-5-6-12-29(26)27/h5-7,9-12,21-22,28,31-32,35-36H,8,13-20,23-24H2,1-4H3,(H,42,45)(H,43,44)/t28?,31-,32+,35+,36-,41?/m1/s1. The van der Waals surface area contributed by atoms with Crippen LogP contribution in [0.3, 0.4) is 0 Å². The number of carbonyl (C=O) groups excluding carboxylic acids is 3. The molecule has 2 saturated heterocycles. The zero-order chi connectivity index (χ0) is 35.0. The highest BCUT2D eigenvalue weighted by Crippen LogP contribution is 2.43. The summed E-state index contributed by atoms with van der Waals surface area (Å²) in [4.78, 5) is 40.6. The van der Waals surface area contributed by atoms with Gasteiger partial charge in [-0.3, -0.25) is 14.4 Å². The van der Waals surface area contributed by atoms with E-state index < -0.39 is 17.4 Å². The smallest absolute Gasteiger partial charge is 0.312 e. The van der Waals surface area contributed by atoms with Gasteiger partial charge >= 0.3 is 5.97 Å². The molecule has 3 aromatic carbocycles. The Morgan fingerprint density at radius 3 is 2.38 bits per heavy atom. The lowest BCUT2D eigenvalue weighted by Crippen LogP contribution is -2.53. The predicted octanol–water partition coefficient (Wildman–Crippen LogP) is 6.81. The summed E-state index contributed by atoms with van der Waals surface area (Å²) < 4.78 is 24.2. The third kappa shape index (κ3) is 6.81. The van der Waals surface area contributed by atoms with Crippen LogP contribution in [0.5, 0.6) is 11.5 Å². The maximum atomic E-state index is 13.9. The lowest BCUT2D eigenvalue weighted by Gasteiger charge is -2.39. The van der Waals surface area contributed by atoms with E-state index in [1.54, 1.807) is 13.2 Å². The van der Waals surface area contributed by atoms with Gasteiger partial charge in [0, 0.05) is 6.54 Å². The summed E-state index contributed by atoms with van der Waals surface area (Å²) in [5.74, 6) is 0.0796. The van der Waals surface area contributed by atoms with Gasteiger partial charge in [0.25, 0.3) is 5.91 Å². The minimum atomic E-state index is -0.592. The van der Waals surface area contributed by atoms with Crippen molar-refractivity contribution >= 4 is 28.6 Å². The van der Waals surface area contributed by atoms with Crippen LogP contribution >= 0.6 is 0 Å². The summed E-state index contributed by atoms with van der Waals surface area (Å²) in [6.45, 7) is 7.02. The molecule has 0 radical (unpaired) electrons. The van der Waals surface area contributed by atoms with E-state index >= 15 is 0 Å². The highest BCUT2D eigenvalue weighted by atomic mass is 16.5. The monoisotopic (exact) mass is 682 g/mol. The van der Waals surface area contributed by atoms with Crippen LogP contribution in [0.25, 0.3) is 10.8 Å². The first kappa shape index (κ1) is 34.3. The molecule has 4 atom stereocenters. The van der Waals surface area contributed by atoms with Gasteiger partial charge in [0.15, 0.2) is 0 Å². The van der Waals surface area contributed by atoms with E-state index in [0.29, 0.717) is 49.3 Å². The largest absolute Gasteiger partial charge is 0.496 e. The van der Waals surface area contributed by atoms with Gasteiger partial charge in [-0.2, -0.15) is 0 Å². The fraction of sp³-hybridized carbons (Fsp3) is 0.537. The second-order valence-electron chi connectivity index (χ2n) is 15.6. The Morgan fingerprint density at radius 2 is 1.64 bits per heavy atom. The quantitative estimate of drug-likeness (QED) is 0.214. The summed E-state index contributed by atoms with van der Waals surface area (Å²) in [6.07, 6.45) is 7.24. The van der Waals surface area contributed by atoms with Crippen molar-refractivity contribution < 1.29 is 33.3 Å². The molecule has 4 fully saturated rings. The summed E-state index contributed by atoms with van der Waals surface area (Å²) in [5, 5.41) is 8.54. The lowest BCUT2D eigenvalue weighted by atomic mass is 9.70. The van der Waals surface area contributed by atoms with Crippen molar-refractivity contribution in [2.24, 2.45) is 16.7 Å². The fourth-order valence-corrected chi connectivity index (χ4v) is 8.40. The van der Waals surface area contributed by atoms with Crippen molar-refractivity contribution in [3.63, 3.8) is 0 Å². The summed E-state index contributed by atoms with van der Waals surface area (Å²) >= 11 is 0. The summed E-state index contributed by atoms with van der Waals surface area (Å²) in [6, 6.07) is 17.3. The van der Waals surface area contributed by atoms with Crippen molar-refractivity contribution in [1.29, 1.82) is 0 Å². The lowest BCUT2D eigenvalue weighted by molar-refractivity contribution is -0.159. The fourth-order valence-electron chi connectivity index (χ4n) is 8.40. The Balaban J connectivity index is 0.975.